The Balaban J connectivity index is 2.38. The molecule has 0 saturated carbocycles. The van der Waals surface area contributed by atoms with E-state index in [1.807, 2.05) is 0 Å². The van der Waals surface area contributed by atoms with Crippen LogP contribution in [0.15, 0.2) is 30.3 Å². The summed E-state index contributed by atoms with van der Waals surface area (Å²) in [6, 6.07) is 6.28. The summed E-state index contributed by atoms with van der Waals surface area (Å²) in [5.74, 6) is -0.392. The number of carbonyl (C=O) groups is 1. The monoisotopic (exact) mass is 297 g/mol. The van der Waals surface area contributed by atoms with Gasteiger partial charge in [-0.05, 0) is 38.1 Å². The van der Waals surface area contributed by atoms with Crippen molar-refractivity contribution in [2.75, 3.05) is 0 Å². The van der Waals surface area contributed by atoms with E-state index in [0.29, 0.717) is 16.6 Å². The number of halogens is 3. The smallest absolute Gasteiger partial charge is 0.382 e. The van der Waals surface area contributed by atoms with Gasteiger partial charge in [0.15, 0.2) is 5.78 Å². The summed E-state index contributed by atoms with van der Waals surface area (Å²) in [5.41, 5.74) is -1.44. The summed E-state index contributed by atoms with van der Waals surface area (Å²) in [6.45, 7) is 2.66. The number of alkyl halides is 3. The van der Waals surface area contributed by atoms with Crippen LogP contribution in [0.3, 0.4) is 0 Å². The van der Waals surface area contributed by atoms with Crippen molar-refractivity contribution in [3.63, 3.8) is 0 Å². The highest BCUT2D eigenvalue weighted by atomic mass is 19.4. The second kappa shape index (κ2) is 5.11. The molecule has 1 unspecified atom stereocenters. The summed E-state index contributed by atoms with van der Waals surface area (Å²) >= 11 is 0. The number of nitrogens with zero attached hydrogens (tertiary/aromatic N) is 1. The number of hydrogen-bond donors (Lipinski definition) is 1. The second-order valence-electron chi connectivity index (χ2n) is 5.21. The molecule has 0 saturated heterocycles. The number of hydrogen-bond acceptors (Lipinski definition) is 3. The van der Waals surface area contributed by atoms with Crippen molar-refractivity contribution in [3.05, 3.63) is 41.6 Å². The average molecular weight is 297 g/mol. The molecule has 3 nitrogen and oxygen atoms in total. The fourth-order valence-corrected chi connectivity index (χ4v) is 1.92. The van der Waals surface area contributed by atoms with E-state index < -0.39 is 23.1 Å². The van der Waals surface area contributed by atoms with Gasteiger partial charge in [0, 0.05) is 17.5 Å². The Labute approximate surface area is 119 Å². The molecular formula is C15H14F3NO2. The van der Waals surface area contributed by atoms with Crippen molar-refractivity contribution in [3.8, 4) is 0 Å². The number of aliphatic hydroxyl groups is 1. The number of ketones is 1. The Morgan fingerprint density at radius 3 is 2.48 bits per heavy atom. The molecule has 1 aromatic heterocycles. The standard InChI is InChI=1S/C15H14F3NO2/c1-9(20)14(2,21)8-12-5-3-10-7-11(15(16,17)18)4-6-13(10)19-12/h3-7,21H,8H2,1-2H3. The third kappa shape index (κ3) is 3.39. The van der Waals surface area contributed by atoms with E-state index in [-0.39, 0.29) is 6.42 Å². The number of rotatable bonds is 3. The maximum atomic E-state index is 12.6. The lowest BCUT2D eigenvalue weighted by atomic mass is 9.95. The van der Waals surface area contributed by atoms with Gasteiger partial charge in [0.25, 0.3) is 0 Å². The van der Waals surface area contributed by atoms with Crippen LogP contribution in [0.5, 0.6) is 0 Å². The van der Waals surface area contributed by atoms with Gasteiger partial charge in [-0.25, -0.2) is 0 Å². The number of aromatic nitrogens is 1. The molecule has 6 heteroatoms. The summed E-state index contributed by atoms with van der Waals surface area (Å²) in [7, 11) is 0. The largest absolute Gasteiger partial charge is 0.416 e. The van der Waals surface area contributed by atoms with E-state index in [1.165, 1.54) is 32.0 Å². The minimum Gasteiger partial charge on any atom is -0.382 e. The van der Waals surface area contributed by atoms with E-state index in [9.17, 15) is 23.1 Å². The molecule has 0 amide bonds. The predicted molar refractivity (Wildman–Crippen MR) is 71.8 cm³/mol. The number of benzene rings is 1. The average Bonchev–Trinajstić information content (AvgIpc) is 2.36. The van der Waals surface area contributed by atoms with Gasteiger partial charge in [-0.2, -0.15) is 13.2 Å². The van der Waals surface area contributed by atoms with Gasteiger partial charge >= 0.3 is 6.18 Å². The van der Waals surface area contributed by atoms with Crippen LogP contribution in [0.4, 0.5) is 13.2 Å². The Morgan fingerprint density at radius 2 is 1.90 bits per heavy atom. The molecule has 0 aliphatic rings. The van der Waals surface area contributed by atoms with Crippen LogP contribution in [-0.2, 0) is 17.4 Å². The lowest BCUT2D eigenvalue weighted by molar-refractivity contribution is -0.137. The van der Waals surface area contributed by atoms with Crippen molar-refractivity contribution >= 4 is 16.7 Å². The molecule has 0 fully saturated rings. The number of carbonyl (C=O) groups excluding carboxylic acids is 1. The highest BCUT2D eigenvalue weighted by molar-refractivity contribution is 5.84. The zero-order chi connectivity index (χ0) is 15.8. The molecule has 0 spiro atoms. The highest BCUT2D eigenvalue weighted by Gasteiger charge is 2.31. The van der Waals surface area contributed by atoms with Crippen LogP contribution in [-0.4, -0.2) is 21.5 Å². The molecule has 21 heavy (non-hydrogen) atoms. The van der Waals surface area contributed by atoms with Crippen LogP contribution < -0.4 is 0 Å². The third-order valence-corrected chi connectivity index (χ3v) is 3.36. The Kier molecular flexibility index (Phi) is 3.76. The number of pyridine rings is 1. The third-order valence-electron chi connectivity index (χ3n) is 3.36. The summed E-state index contributed by atoms with van der Waals surface area (Å²) < 4.78 is 37.8. The van der Waals surface area contributed by atoms with Gasteiger partial charge < -0.3 is 5.11 Å². The number of Topliss-reactive ketones (excluding diaryl/α,β-unsaturated/α-hetero) is 1. The first kappa shape index (κ1) is 15.4. The first-order chi connectivity index (χ1) is 9.59. The fraction of sp³-hybridized carbons (Fsp3) is 0.333. The predicted octanol–water partition coefficient (Wildman–Crippen LogP) is 3.14. The van der Waals surface area contributed by atoms with Crippen molar-refractivity contribution < 1.29 is 23.1 Å². The Hall–Kier alpha value is -1.95. The Bertz CT molecular complexity index is 693. The van der Waals surface area contributed by atoms with Crippen LogP contribution >= 0.6 is 0 Å². The van der Waals surface area contributed by atoms with Crippen molar-refractivity contribution in [1.29, 1.82) is 0 Å². The normalized spacial score (nSPS) is 15.0. The quantitative estimate of drug-likeness (QED) is 0.947. The topological polar surface area (TPSA) is 50.2 Å². The molecule has 0 aliphatic heterocycles. The lowest BCUT2D eigenvalue weighted by Crippen LogP contribution is -2.35. The number of fused-ring (bicyclic) bond motifs is 1. The molecule has 2 aromatic rings. The zero-order valence-corrected chi connectivity index (χ0v) is 11.5. The van der Waals surface area contributed by atoms with Crippen LogP contribution in [0.2, 0.25) is 0 Å². The molecule has 1 N–H and O–H groups in total. The molecule has 1 aromatic carbocycles. The van der Waals surface area contributed by atoms with E-state index in [1.54, 1.807) is 0 Å². The molecule has 0 bridgehead atoms. The molecular weight excluding hydrogens is 283 g/mol. The van der Waals surface area contributed by atoms with Gasteiger partial charge in [-0.15, -0.1) is 0 Å². The van der Waals surface area contributed by atoms with Crippen molar-refractivity contribution in [2.45, 2.75) is 32.0 Å². The lowest BCUT2D eigenvalue weighted by Gasteiger charge is -2.19. The Morgan fingerprint density at radius 1 is 1.24 bits per heavy atom. The zero-order valence-electron chi connectivity index (χ0n) is 11.5. The van der Waals surface area contributed by atoms with Gasteiger partial charge in [0.2, 0.25) is 0 Å². The van der Waals surface area contributed by atoms with Crippen LogP contribution in [0.25, 0.3) is 10.9 Å². The van der Waals surface area contributed by atoms with Gasteiger partial charge in [-0.1, -0.05) is 6.07 Å². The molecule has 112 valence electrons. The van der Waals surface area contributed by atoms with Crippen LogP contribution in [0, 0.1) is 0 Å². The van der Waals surface area contributed by atoms with E-state index in [4.69, 9.17) is 0 Å². The van der Waals surface area contributed by atoms with E-state index >= 15 is 0 Å². The van der Waals surface area contributed by atoms with E-state index in [0.717, 1.165) is 12.1 Å². The summed E-state index contributed by atoms with van der Waals surface area (Å²) in [6.07, 6.45) is -4.38. The van der Waals surface area contributed by atoms with Crippen LogP contribution in [0.1, 0.15) is 25.1 Å². The van der Waals surface area contributed by atoms with Gasteiger partial charge in [-0.3, -0.25) is 9.78 Å². The fourth-order valence-electron chi connectivity index (χ4n) is 1.92. The summed E-state index contributed by atoms with van der Waals surface area (Å²) in [4.78, 5) is 15.5. The van der Waals surface area contributed by atoms with Gasteiger partial charge in [0.1, 0.15) is 5.60 Å². The first-order valence-electron chi connectivity index (χ1n) is 6.30. The van der Waals surface area contributed by atoms with Crippen molar-refractivity contribution in [2.24, 2.45) is 0 Å². The SMILES string of the molecule is CC(=O)C(C)(O)Cc1ccc2cc(C(F)(F)F)ccc2n1. The summed E-state index contributed by atoms with van der Waals surface area (Å²) in [5, 5.41) is 10.3. The van der Waals surface area contributed by atoms with Crippen molar-refractivity contribution in [1.82, 2.24) is 4.98 Å². The second-order valence-corrected chi connectivity index (χ2v) is 5.21. The van der Waals surface area contributed by atoms with Gasteiger partial charge in [0.05, 0.1) is 11.1 Å². The minimum absolute atomic E-state index is 0.0132. The molecule has 1 heterocycles. The minimum atomic E-state index is -4.40. The molecule has 0 radical (unpaired) electrons. The van der Waals surface area contributed by atoms with E-state index in [2.05, 4.69) is 4.98 Å². The maximum absolute atomic E-state index is 12.6. The maximum Gasteiger partial charge on any atom is 0.416 e. The molecule has 2 rings (SSSR count). The molecule has 1 atom stereocenters. The first-order valence-corrected chi connectivity index (χ1v) is 6.30. The highest BCUT2D eigenvalue weighted by Crippen LogP contribution is 2.31. The molecule has 0 aliphatic carbocycles.